The Bertz CT molecular complexity index is 601. The summed E-state index contributed by atoms with van der Waals surface area (Å²) in [5, 5.41) is 8.95. The molecule has 0 aliphatic heterocycles. The zero-order valence-electron chi connectivity index (χ0n) is 10.8. The molecule has 0 atom stereocenters. The van der Waals surface area contributed by atoms with Gasteiger partial charge in [-0.1, -0.05) is 20.8 Å². The van der Waals surface area contributed by atoms with Crippen LogP contribution in [-0.4, -0.2) is 39.8 Å². The van der Waals surface area contributed by atoms with E-state index in [4.69, 9.17) is 14.7 Å². The molecule has 20 heavy (non-hydrogen) atoms. The van der Waals surface area contributed by atoms with E-state index in [0.717, 1.165) is 6.07 Å². The summed E-state index contributed by atoms with van der Waals surface area (Å²) in [4.78, 5) is 17.5. The Morgan fingerprint density at radius 1 is 1.40 bits per heavy atom. The van der Waals surface area contributed by atoms with E-state index in [1.54, 1.807) is 6.92 Å². The molecule has 9 heteroatoms. The summed E-state index contributed by atoms with van der Waals surface area (Å²) < 4.78 is 29.2. The molecular weight excluding hydrogens is 354 g/mol. The number of hydrogen-bond acceptors (Lipinski definition) is 5. The molecule has 7 nitrogen and oxygen atoms in total. The van der Waals surface area contributed by atoms with Crippen LogP contribution >= 0.6 is 15.9 Å². The van der Waals surface area contributed by atoms with Gasteiger partial charge >= 0.3 is 5.97 Å². The van der Waals surface area contributed by atoms with Gasteiger partial charge in [-0.25, -0.2) is 13.2 Å². The molecule has 0 amide bonds. The average Bonchev–Trinajstić information content (AvgIpc) is 2.37. The SMILES string of the molecule is COCCONS(=O)(=O)c1cc(C(=O)O)cc(Br)c1C. The Hall–Kier alpha value is -1.00. The van der Waals surface area contributed by atoms with Gasteiger partial charge in [-0.3, -0.25) is 4.84 Å². The quantitative estimate of drug-likeness (QED) is 0.556. The first-order chi connectivity index (χ1) is 9.29. The van der Waals surface area contributed by atoms with Gasteiger partial charge in [0.25, 0.3) is 10.0 Å². The molecule has 0 heterocycles. The highest BCUT2D eigenvalue weighted by Gasteiger charge is 2.21. The van der Waals surface area contributed by atoms with Crippen LogP contribution < -0.4 is 4.89 Å². The van der Waals surface area contributed by atoms with Crippen molar-refractivity contribution in [1.29, 1.82) is 0 Å². The fourth-order valence-electron chi connectivity index (χ4n) is 1.35. The van der Waals surface area contributed by atoms with Crippen LogP contribution in [0.1, 0.15) is 15.9 Å². The van der Waals surface area contributed by atoms with Crippen molar-refractivity contribution in [3.63, 3.8) is 0 Å². The lowest BCUT2D eigenvalue weighted by Gasteiger charge is -2.11. The second kappa shape index (κ2) is 7.14. The molecule has 0 spiro atoms. The number of rotatable bonds is 7. The van der Waals surface area contributed by atoms with E-state index in [1.807, 2.05) is 4.89 Å². The van der Waals surface area contributed by atoms with Gasteiger partial charge in [0.1, 0.15) is 0 Å². The van der Waals surface area contributed by atoms with Crippen LogP contribution in [0.15, 0.2) is 21.5 Å². The molecule has 1 rings (SSSR count). The smallest absolute Gasteiger partial charge is 0.335 e. The van der Waals surface area contributed by atoms with Crippen LogP contribution in [-0.2, 0) is 19.6 Å². The molecule has 0 saturated carbocycles. The van der Waals surface area contributed by atoms with Gasteiger partial charge in [-0.15, -0.1) is 0 Å². The van der Waals surface area contributed by atoms with E-state index in [1.165, 1.54) is 13.2 Å². The molecule has 2 N–H and O–H groups in total. The fourth-order valence-corrected chi connectivity index (χ4v) is 3.06. The highest BCUT2D eigenvalue weighted by molar-refractivity contribution is 9.10. The number of nitrogens with one attached hydrogen (secondary N) is 1. The van der Waals surface area contributed by atoms with Crippen LogP contribution in [0.3, 0.4) is 0 Å². The first-order valence-electron chi connectivity index (χ1n) is 5.45. The average molecular weight is 368 g/mol. The molecule has 1 aromatic rings. The van der Waals surface area contributed by atoms with Crippen LogP contribution in [0, 0.1) is 6.92 Å². The molecule has 0 bridgehead atoms. The summed E-state index contributed by atoms with van der Waals surface area (Å²) in [7, 11) is -2.52. The minimum atomic E-state index is -3.97. The summed E-state index contributed by atoms with van der Waals surface area (Å²) in [6, 6.07) is 2.41. The van der Waals surface area contributed by atoms with Gasteiger partial charge in [0, 0.05) is 11.6 Å². The molecule has 0 saturated heterocycles. The lowest BCUT2D eigenvalue weighted by atomic mass is 10.1. The number of aromatic carboxylic acids is 1. The first kappa shape index (κ1) is 17.1. The van der Waals surface area contributed by atoms with Crippen molar-refractivity contribution in [1.82, 2.24) is 4.89 Å². The van der Waals surface area contributed by atoms with Gasteiger partial charge in [-0.05, 0) is 24.6 Å². The maximum absolute atomic E-state index is 12.1. The zero-order chi connectivity index (χ0) is 15.3. The normalized spacial score (nSPS) is 11.6. The van der Waals surface area contributed by atoms with Gasteiger partial charge < -0.3 is 9.84 Å². The Morgan fingerprint density at radius 3 is 2.60 bits per heavy atom. The summed E-state index contributed by atoms with van der Waals surface area (Å²) in [5.74, 6) is -1.22. The standard InChI is InChI=1S/C11H14BrNO6S/c1-7-9(12)5-8(11(14)15)6-10(7)20(16,17)13-19-4-3-18-2/h5-6,13H,3-4H2,1-2H3,(H,14,15). The predicted molar refractivity (Wildman–Crippen MR) is 74.0 cm³/mol. The largest absolute Gasteiger partial charge is 0.478 e. The number of hydrogen-bond donors (Lipinski definition) is 2. The molecule has 0 aliphatic carbocycles. The second-order valence-corrected chi connectivity index (χ2v) is 6.28. The topological polar surface area (TPSA) is 102 Å². The second-order valence-electron chi connectivity index (χ2n) is 3.81. The van der Waals surface area contributed by atoms with E-state index < -0.39 is 16.0 Å². The lowest BCUT2D eigenvalue weighted by molar-refractivity contribution is 0.0438. The maximum atomic E-state index is 12.1. The summed E-state index contributed by atoms with van der Waals surface area (Å²) in [5.41, 5.74) is 0.248. The van der Waals surface area contributed by atoms with Crippen molar-refractivity contribution in [3.05, 3.63) is 27.7 Å². The molecule has 0 radical (unpaired) electrons. The number of benzene rings is 1. The van der Waals surface area contributed by atoms with Gasteiger partial charge in [0.2, 0.25) is 0 Å². The third-order valence-electron chi connectivity index (χ3n) is 2.39. The molecule has 0 aromatic heterocycles. The van der Waals surface area contributed by atoms with Crippen LogP contribution in [0.25, 0.3) is 0 Å². The Kier molecular flexibility index (Phi) is 6.08. The highest BCUT2D eigenvalue weighted by atomic mass is 79.9. The van der Waals surface area contributed by atoms with E-state index >= 15 is 0 Å². The van der Waals surface area contributed by atoms with Crippen molar-refractivity contribution < 1.29 is 27.9 Å². The number of sulfonamides is 1. The first-order valence-corrected chi connectivity index (χ1v) is 7.73. The molecule has 0 aliphatic rings. The van der Waals surface area contributed by atoms with E-state index in [-0.39, 0.29) is 23.7 Å². The molecule has 1 aromatic carbocycles. The number of carbonyl (C=O) groups is 1. The molecule has 0 fully saturated rings. The summed E-state index contributed by atoms with van der Waals surface area (Å²) in [6.45, 7) is 1.81. The third kappa shape index (κ3) is 4.25. The van der Waals surface area contributed by atoms with Crippen molar-refractivity contribution in [2.24, 2.45) is 0 Å². The number of carboxylic acids is 1. The number of carboxylic acid groups (broad SMARTS) is 1. The minimum absolute atomic E-state index is 0.0363. The van der Waals surface area contributed by atoms with Crippen molar-refractivity contribution in [3.8, 4) is 0 Å². The monoisotopic (exact) mass is 367 g/mol. The maximum Gasteiger partial charge on any atom is 0.335 e. The van der Waals surface area contributed by atoms with Gasteiger partial charge in [-0.2, -0.15) is 0 Å². The summed E-state index contributed by atoms with van der Waals surface area (Å²) in [6.07, 6.45) is 0. The van der Waals surface area contributed by atoms with Crippen LogP contribution in [0.2, 0.25) is 0 Å². The van der Waals surface area contributed by atoms with Crippen LogP contribution in [0.4, 0.5) is 0 Å². The predicted octanol–water partition coefficient (Wildman–Crippen LogP) is 1.31. The van der Waals surface area contributed by atoms with Gasteiger partial charge in [0.05, 0.1) is 23.7 Å². The van der Waals surface area contributed by atoms with Crippen molar-refractivity contribution >= 4 is 31.9 Å². The lowest BCUT2D eigenvalue weighted by Crippen LogP contribution is -2.26. The molecule has 112 valence electrons. The van der Waals surface area contributed by atoms with E-state index in [9.17, 15) is 13.2 Å². The van der Waals surface area contributed by atoms with E-state index in [2.05, 4.69) is 15.9 Å². The van der Waals surface area contributed by atoms with Gasteiger partial charge in [0.15, 0.2) is 0 Å². The third-order valence-corrected chi connectivity index (χ3v) is 4.56. The Labute approximate surface area is 125 Å². The number of methoxy groups -OCH3 is 1. The van der Waals surface area contributed by atoms with E-state index in [0.29, 0.717) is 10.0 Å². The Balaban J connectivity index is 3.07. The Morgan fingerprint density at radius 2 is 2.05 bits per heavy atom. The van der Waals surface area contributed by atoms with Crippen LogP contribution in [0.5, 0.6) is 0 Å². The molecular formula is C11H14BrNO6S. The minimum Gasteiger partial charge on any atom is -0.478 e. The number of halogens is 1. The zero-order valence-corrected chi connectivity index (χ0v) is 13.2. The highest BCUT2D eigenvalue weighted by Crippen LogP contribution is 2.25. The fraction of sp³-hybridized carbons (Fsp3) is 0.364. The number of ether oxygens (including phenoxy) is 1. The molecule has 0 unspecified atom stereocenters. The van der Waals surface area contributed by atoms with Crippen molar-refractivity contribution in [2.45, 2.75) is 11.8 Å². The van der Waals surface area contributed by atoms with Crippen molar-refractivity contribution in [2.75, 3.05) is 20.3 Å². The summed E-state index contributed by atoms with van der Waals surface area (Å²) >= 11 is 3.13.